The van der Waals surface area contributed by atoms with E-state index in [1.54, 1.807) is 0 Å². The van der Waals surface area contributed by atoms with Crippen LogP contribution in [-0.4, -0.2) is 37.8 Å². The van der Waals surface area contributed by atoms with Crippen LogP contribution in [0, 0.1) is 23.7 Å². The summed E-state index contributed by atoms with van der Waals surface area (Å²) in [6.07, 6.45) is 24.7. The van der Waals surface area contributed by atoms with Gasteiger partial charge in [-0.1, -0.05) is 97.3 Å². The van der Waals surface area contributed by atoms with Gasteiger partial charge in [0.05, 0.1) is 18.8 Å². The van der Waals surface area contributed by atoms with Gasteiger partial charge in [-0.2, -0.15) is 0 Å². The van der Waals surface area contributed by atoms with Crippen molar-refractivity contribution in [2.24, 2.45) is 23.7 Å². The van der Waals surface area contributed by atoms with Gasteiger partial charge < -0.3 is 9.47 Å². The number of halogens is 2. The Morgan fingerprint density at radius 1 is 0.526 bits per heavy atom. The Hall–Kier alpha value is -0.220. The molecule has 0 aromatic heterocycles. The highest BCUT2D eigenvalue weighted by molar-refractivity contribution is 4.79. The van der Waals surface area contributed by atoms with E-state index in [1.807, 2.05) is 0 Å². The Kier molecular flexibility index (Phi) is 16.1. The maximum absolute atomic E-state index is 14.1. The van der Waals surface area contributed by atoms with Crippen LogP contribution in [0.5, 0.6) is 0 Å². The molecule has 0 N–H and O–H groups in total. The van der Waals surface area contributed by atoms with E-state index >= 15 is 0 Å². The first kappa shape index (κ1) is 32.3. The maximum atomic E-state index is 14.1. The molecule has 0 saturated heterocycles. The molecule has 3 saturated carbocycles. The van der Waals surface area contributed by atoms with Gasteiger partial charge in [-0.05, 0) is 81.5 Å². The molecule has 0 aromatic rings. The molecular formula is C34H62F2O2. The molecule has 2 atom stereocenters. The number of ether oxygens (including phenoxy) is 2. The van der Waals surface area contributed by atoms with Crippen LogP contribution >= 0.6 is 0 Å². The van der Waals surface area contributed by atoms with Crippen molar-refractivity contribution in [3.05, 3.63) is 0 Å². The number of hydrogen-bond donors (Lipinski definition) is 0. The van der Waals surface area contributed by atoms with Gasteiger partial charge in [0.25, 0.3) is 0 Å². The molecule has 3 rings (SSSR count). The third-order valence-electron chi connectivity index (χ3n) is 10.3. The lowest BCUT2D eigenvalue weighted by Gasteiger charge is -2.33. The van der Waals surface area contributed by atoms with E-state index in [-0.39, 0.29) is 12.7 Å². The third kappa shape index (κ3) is 12.5. The normalized spacial score (nSPS) is 32.2. The molecule has 0 bridgehead atoms. The lowest BCUT2D eigenvalue weighted by Crippen LogP contribution is -2.30. The first-order valence-corrected chi connectivity index (χ1v) is 17.1. The largest absolute Gasteiger partial charge is 0.378 e. The highest BCUT2D eigenvalue weighted by atomic mass is 19.2. The second-order valence-electron chi connectivity index (χ2n) is 13.4. The zero-order chi connectivity index (χ0) is 27.0. The molecule has 0 aliphatic heterocycles. The minimum atomic E-state index is -1.47. The van der Waals surface area contributed by atoms with E-state index < -0.39 is 12.3 Å². The van der Waals surface area contributed by atoms with Crippen molar-refractivity contribution in [1.82, 2.24) is 0 Å². The molecule has 4 heteroatoms. The lowest BCUT2D eigenvalue weighted by molar-refractivity contribution is -0.0449. The smallest absolute Gasteiger partial charge is 0.154 e. The molecule has 2 nitrogen and oxygen atoms in total. The van der Waals surface area contributed by atoms with E-state index in [2.05, 4.69) is 13.8 Å². The second kappa shape index (κ2) is 19.0. The molecule has 3 fully saturated rings. The highest BCUT2D eigenvalue weighted by Gasteiger charge is 2.28. The fraction of sp³-hybridized carbons (Fsp3) is 1.00. The zero-order valence-electron chi connectivity index (χ0n) is 25.2. The fourth-order valence-corrected chi connectivity index (χ4v) is 7.39. The van der Waals surface area contributed by atoms with Gasteiger partial charge in [0.2, 0.25) is 0 Å². The lowest BCUT2D eigenvalue weighted by atomic mass is 9.76. The van der Waals surface area contributed by atoms with Crippen LogP contribution in [-0.2, 0) is 9.47 Å². The van der Waals surface area contributed by atoms with Crippen LogP contribution < -0.4 is 0 Å². The van der Waals surface area contributed by atoms with Gasteiger partial charge >= 0.3 is 0 Å². The summed E-state index contributed by atoms with van der Waals surface area (Å²) >= 11 is 0. The molecule has 0 radical (unpaired) electrons. The minimum absolute atomic E-state index is 0.0807. The molecule has 0 amide bonds. The summed E-state index contributed by atoms with van der Waals surface area (Å²) in [5.74, 6) is 3.57. The van der Waals surface area contributed by atoms with Gasteiger partial charge in [-0.3, -0.25) is 0 Å². The Morgan fingerprint density at radius 3 is 1.58 bits per heavy atom. The molecule has 3 aliphatic rings. The van der Waals surface area contributed by atoms with E-state index in [0.717, 1.165) is 69.3 Å². The molecule has 224 valence electrons. The molecular weight excluding hydrogens is 478 g/mol. The maximum Gasteiger partial charge on any atom is 0.154 e. The molecule has 0 spiro atoms. The van der Waals surface area contributed by atoms with Crippen molar-refractivity contribution in [3.63, 3.8) is 0 Å². The number of unbranched alkanes of at least 4 members (excludes halogenated alkanes) is 4. The minimum Gasteiger partial charge on any atom is -0.378 e. The summed E-state index contributed by atoms with van der Waals surface area (Å²) in [4.78, 5) is 0. The topological polar surface area (TPSA) is 18.5 Å². The fourth-order valence-electron chi connectivity index (χ4n) is 7.39. The highest BCUT2D eigenvalue weighted by Crippen LogP contribution is 2.37. The molecule has 3 aliphatic carbocycles. The first-order valence-electron chi connectivity index (χ1n) is 17.1. The third-order valence-corrected chi connectivity index (χ3v) is 10.3. The van der Waals surface area contributed by atoms with Gasteiger partial charge in [-0.25, -0.2) is 8.78 Å². The van der Waals surface area contributed by atoms with Crippen LogP contribution in [0.4, 0.5) is 8.78 Å². The van der Waals surface area contributed by atoms with E-state index in [4.69, 9.17) is 9.47 Å². The molecule has 0 aromatic carbocycles. The Balaban J connectivity index is 1.17. The van der Waals surface area contributed by atoms with Crippen LogP contribution in [0.15, 0.2) is 0 Å². The summed E-state index contributed by atoms with van der Waals surface area (Å²) < 4.78 is 40.2. The van der Waals surface area contributed by atoms with Crippen LogP contribution in [0.3, 0.4) is 0 Å². The number of hydrogen-bond acceptors (Lipinski definition) is 2. The summed E-state index contributed by atoms with van der Waals surface area (Å²) in [7, 11) is 0. The van der Waals surface area contributed by atoms with E-state index in [9.17, 15) is 8.78 Å². The average molecular weight is 541 g/mol. The predicted molar refractivity (Wildman–Crippen MR) is 156 cm³/mol. The van der Waals surface area contributed by atoms with E-state index in [0.29, 0.717) is 18.4 Å². The average Bonchev–Trinajstić information content (AvgIpc) is 2.95. The summed E-state index contributed by atoms with van der Waals surface area (Å²) in [6, 6.07) is 0. The Morgan fingerprint density at radius 2 is 1.00 bits per heavy atom. The molecule has 38 heavy (non-hydrogen) atoms. The van der Waals surface area contributed by atoms with Gasteiger partial charge in [0.1, 0.15) is 6.17 Å². The molecule has 0 heterocycles. The molecule has 0 unspecified atom stereocenters. The van der Waals surface area contributed by atoms with Crippen molar-refractivity contribution in [3.8, 4) is 0 Å². The monoisotopic (exact) mass is 540 g/mol. The van der Waals surface area contributed by atoms with Crippen LogP contribution in [0.25, 0.3) is 0 Å². The van der Waals surface area contributed by atoms with E-state index in [1.165, 1.54) is 89.9 Å². The van der Waals surface area contributed by atoms with Crippen molar-refractivity contribution in [2.75, 3.05) is 13.2 Å². The van der Waals surface area contributed by atoms with Gasteiger partial charge in [-0.15, -0.1) is 0 Å². The Labute approximate surface area is 234 Å². The predicted octanol–water partition coefficient (Wildman–Crippen LogP) is 10.6. The standard InChI is InChI=1S/C34H62F2O2/c1-3-5-7-9-27-11-13-28(14-12-27)15-16-29-17-21-31(22-18-29)37-25-30-19-23-32(24-20-30)38-26-34(36)33(35)10-8-6-4-2/h27-34H,3-26H2,1-2H3/t27?,28?,29?,30?,31?,32?,33-,34-/m0/s1. The second-order valence-corrected chi connectivity index (χ2v) is 13.4. The quantitative estimate of drug-likeness (QED) is 0.161. The van der Waals surface area contributed by atoms with Crippen molar-refractivity contribution in [1.29, 1.82) is 0 Å². The Bertz CT molecular complexity index is 563. The van der Waals surface area contributed by atoms with Gasteiger partial charge in [0, 0.05) is 6.61 Å². The first-order chi connectivity index (χ1) is 18.6. The van der Waals surface area contributed by atoms with Crippen molar-refractivity contribution in [2.45, 2.75) is 180 Å². The number of alkyl halides is 2. The van der Waals surface area contributed by atoms with Crippen molar-refractivity contribution >= 4 is 0 Å². The summed E-state index contributed by atoms with van der Waals surface area (Å²) in [5.41, 5.74) is 0. The van der Waals surface area contributed by atoms with Crippen LogP contribution in [0.2, 0.25) is 0 Å². The SMILES string of the molecule is CCCCCC1CCC(CCC2CCC(OCC3CCC(OC[C@H](F)[C@@H](F)CCCCC)CC3)CC2)CC1. The van der Waals surface area contributed by atoms with Crippen molar-refractivity contribution < 1.29 is 18.3 Å². The van der Waals surface area contributed by atoms with Gasteiger partial charge in [0.15, 0.2) is 6.17 Å². The zero-order valence-corrected chi connectivity index (χ0v) is 25.2. The summed E-state index contributed by atoms with van der Waals surface area (Å²) in [6.45, 7) is 5.19. The van der Waals surface area contributed by atoms with Crippen LogP contribution in [0.1, 0.15) is 155 Å². The summed E-state index contributed by atoms with van der Waals surface area (Å²) in [5, 5.41) is 0. The number of rotatable bonds is 18.